The van der Waals surface area contributed by atoms with Gasteiger partial charge < -0.3 is 5.32 Å². The molecule has 4 atom stereocenters. The second kappa shape index (κ2) is 4.81. The molecule has 92 valence electrons. The minimum atomic E-state index is 0.759. The highest BCUT2D eigenvalue weighted by molar-refractivity contribution is 5.27. The van der Waals surface area contributed by atoms with Crippen LogP contribution >= 0.6 is 0 Å². The van der Waals surface area contributed by atoms with Crippen LogP contribution in [0.3, 0.4) is 0 Å². The Balaban J connectivity index is 1.55. The van der Waals surface area contributed by atoms with Gasteiger partial charge in [0.15, 0.2) is 0 Å². The van der Waals surface area contributed by atoms with Gasteiger partial charge in [0.25, 0.3) is 0 Å². The fourth-order valence-electron chi connectivity index (χ4n) is 3.47. The van der Waals surface area contributed by atoms with Crippen molar-refractivity contribution < 1.29 is 0 Å². The van der Waals surface area contributed by atoms with E-state index in [1.165, 1.54) is 37.7 Å². The van der Waals surface area contributed by atoms with Crippen LogP contribution in [-0.2, 0) is 0 Å². The summed E-state index contributed by atoms with van der Waals surface area (Å²) in [6.45, 7) is 2.34. The molecule has 0 aromatic heterocycles. The number of benzene rings is 1. The van der Waals surface area contributed by atoms with Gasteiger partial charge in [0.05, 0.1) is 0 Å². The Morgan fingerprint density at radius 1 is 1.12 bits per heavy atom. The lowest BCUT2D eigenvalue weighted by Crippen LogP contribution is -2.34. The molecule has 2 aliphatic rings. The maximum atomic E-state index is 3.90. The number of rotatable bonds is 4. The van der Waals surface area contributed by atoms with E-state index in [2.05, 4.69) is 42.6 Å². The van der Waals surface area contributed by atoms with Gasteiger partial charge in [-0.3, -0.25) is 0 Å². The molecule has 0 spiro atoms. The first kappa shape index (κ1) is 11.3. The van der Waals surface area contributed by atoms with E-state index in [0.29, 0.717) is 0 Å². The number of nitrogens with one attached hydrogen (secondary N) is 1. The van der Waals surface area contributed by atoms with Gasteiger partial charge in [-0.2, -0.15) is 0 Å². The molecule has 0 aliphatic heterocycles. The van der Waals surface area contributed by atoms with Crippen molar-refractivity contribution in [1.82, 2.24) is 5.32 Å². The molecule has 0 heterocycles. The summed E-state index contributed by atoms with van der Waals surface area (Å²) in [4.78, 5) is 0. The van der Waals surface area contributed by atoms with E-state index in [4.69, 9.17) is 0 Å². The molecule has 0 bridgehead atoms. The average Bonchev–Trinajstić information content (AvgIpc) is 2.99. The van der Waals surface area contributed by atoms with Crippen molar-refractivity contribution in [3.05, 3.63) is 35.9 Å². The van der Waals surface area contributed by atoms with Gasteiger partial charge in [0.1, 0.15) is 0 Å². The van der Waals surface area contributed by atoms with Gasteiger partial charge >= 0.3 is 0 Å². The lowest BCUT2D eigenvalue weighted by atomic mass is 10.0. The Bertz CT molecular complexity index is 359. The van der Waals surface area contributed by atoms with Crippen molar-refractivity contribution in [3.63, 3.8) is 0 Å². The van der Waals surface area contributed by atoms with E-state index >= 15 is 0 Å². The summed E-state index contributed by atoms with van der Waals surface area (Å²) in [5.41, 5.74) is 1.52. The van der Waals surface area contributed by atoms with E-state index in [1.54, 1.807) is 0 Å². The zero-order valence-electron chi connectivity index (χ0n) is 10.7. The molecule has 0 amide bonds. The van der Waals surface area contributed by atoms with Gasteiger partial charge in [-0.25, -0.2) is 0 Å². The highest BCUT2D eigenvalue weighted by atomic mass is 15.0. The van der Waals surface area contributed by atoms with Crippen LogP contribution in [0.5, 0.6) is 0 Å². The first-order valence-electron chi connectivity index (χ1n) is 7.19. The van der Waals surface area contributed by atoms with E-state index < -0.39 is 0 Å². The minimum absolute atomic E-state index is 0.759. The normalized spacial score (nSPS) is 36.1. The molecule has 3 rings (SSSR count). The van der Waals surface area contributed by atoms with Crippen LogP contribution in [0.2, 0.25) is 0 Å². The van der Waals surface area contributed by atoms with Crippen molar-refractivity contribution in [2.75, 3.05) is 0 Å². The van der Waals surface area contributed by atoms with Gasteiger partial charge in [-0.05, 0) is 30.7 Å². The van der Waals surface area contributed by atoms with E-state index in [0.717, 1.165) is 23.9 Å². The molecule has 4 unspecified atom stereocenters. The van der Waals surface area contributed by atoms with Crippen LogP contribution in [0.1, 0.15) is 50.5 Å². The Morgan fingerprint density at radius 2 is 1.94 bits per heavy atom. The number of hydrogen-bond acceptors (Lipinski definition) is 1. The zero-order valence-corrected chi connectivity index (χ0v) is 10.7. The standard InChI is InChI=1S/C16H23N/c1-2-12-9-6-10-15(12)17-16-11-14(16)13-7-4-3-5-8-13/h3-5,7-8,12,14-17H,2,6,9-11H2,1H3. The fraction of sp³-hybridized carbons (Fsp3) is 0.625. The summed E-state index contributed by atoms with van der Waals surface area (Å²) in [5.74, 6) is 1.72. The van der Waals surface area contributed by atoms with Gasteiger partial charge in [-0.15, -0.1) is 0 Å². The summed E-state index contributed by atoms with van der Waals surface area (Å²) in [6.07, 6.45) is 6.96. The second-order valence-corrected chi connectivity index (χ2v) is 5.73. The van der Waals surface area contributed by atoms with Crippen molar-refractivity contribution >= 4 is 0 Å². The molecule has 0 radical (unpaired) electrons. The lowest BCUT2D eigenvalue weighted by molar-refractivity contribution is 0.386. The third-order valence-corrected chi connectivity index (χ3v) is 4.63. The predicted molar refractivity (Wildman–Crippen MR) is 72.1 cm³/mol. The highest BCUT2D eigenvalue weighted by Crippen LogP contribution is 2.42. The quantitative estimate of drug-likeness (QED) is 0.830. The molecule has 2 fully saturated rings. The molecule has 0 saturated heterocycles. The van der Waals surface area contributed by atoms with Gasteiger partial charge in [0, 0.05) is 18.0 Å². The smallest absolute Gasteiger partial charge is 0.0145 e. The van der Waals surface area contributed by atoms with Crippen LogP contribution in [0, 0.1) is 5.92 Å². The summed E-state index contributed by atoms with van der Waals surface area (Å²) in [7, 11) is 0. The first-order chi connectivity index (χ1) is 8.38. The lowest BCUT2D eigenvalue weighted by Gasteiger charge is -2.19. The van der Waals surface area contributed by atoms with Crippen molar-refractivity contribution in [1.29, 1.82) is 0 Å². The Labute approximate surface area is 105 Å². The fourth-order valence-corrected chi connectivity index (χ4v) is 3.47. The maximum Gasteiger partial charge on any atom is 0.0145 e. The molecule has 1 heteroatoms. The molecule has 1 N–H and O–H groups in total. The summed E-state index contributed by atoms with van der Waals surface area (Å²) >= 11 is 0. The molecule has 1 aromatic carbocycles. The van der Waals surface area contributed by atoms with Crippen LogP contribution in [0.4, 0.5) is 0 Å². The van der Waals surface area contributed by atoms with Crippen molar-refractivity contribution in [2.24, 2.45) is 5.92 Å². The van der Waals surface area contributed by atoms with E-state index in [9.17, 15) is 0 Å². The van der Waals surface area contributed by atoms with Gasteiger partial charge in [0.2, 0.25) is 0 Å². The number of hydrogen-bond donors (Lipinski definition) is 1. The van der Waals surface area contributed by atoms with Crippen LogP contribution in [0.15, 0.2) is 30.3 Å². The third kappa shape index (κ3) is 2.40. The summed E-state index contributed by atoms with van der Waals surface area (Å²) in [5, 5.41) is 3.90. The topological polar surface area (TPSA) is 12.0 Å². The van der Waals surface area contributed by atoms with Crippen LogP contribution < -0.4 is 5.32 Å². The van der Waals surface area contributed by atoms with Crippen molar-refractivity contribution in [3.8, 4) is 0 Å². The van der Waals surface area contributed by atoms with E-state index in [1.807, 2.05) is 0 Å². The first-order valence-corrected chi connectivity index (χ1v) is 7.19. The highest BCUT2D eigenvalue weighted by Gasteiger charge is 2.41. The summed E-state index contributed by atoms with van der Waals surface area (Å²) < 4.78 is 0. The minimum Gasteiger partial charge on any atom is -0.310 e. The van der Waals surface area contributed by atoms with E-state index in [-0.39, 0.29) is 0 Å². The van der Waals surface area contributed by atoms with Gasteiger partial charge in [-0.1, -0.05) is 50.1 Å². The Hall–Kier alpha value is -0.820. The van der Waals surface area contributed by atoms with Crippen LogP contribution in [0.25, 0.3) is 0 Å². The molecule has 1 nitrogen and oxygen atoms in total. The molecule has 2 aliphatic carbocycles. The monoisotopic (exact) mass is 229 g/mol. The molecule has 2 saturated carbocycles. The van der Waals surface area contributed by atoms with Crippen LogP contribution in [-0.4, -0.2) is 12.1 Å². The van der Waals surface area contributed by atoms with Crippen molar-refractivity contribution in [2.45, 2.75) is 57.0 Å². The SMILES string of the molecule is CCC1CCCC1NC1CC1c1ccccc1. The molecule has 17 heavy (non-hydrogen) atoms. The maximum absolute atomic E-state index is 3.90. The average molecular weight is 229 g/mol. The Kier molecular flexibility index (Phi) is 3.19. The largest absolute Gasteiger partial charge is 0.310 e. The Morgan fingerprint density at radius 3 is 2.71 bits per heavy atom. The molecular formula is C16H23N. The molecular weight excluding hydrogens is 206 g/mol. The zero-order chi connectivity index (χ0) is 11.7. The predicted octanol–water partition coefficient (Wildman–Crippen LogP) is 3.71. The molecule has 1 aromatic rings. The second-order valence-electron chi connectivity index (χ2n) is 5.73. The third-order valence-electron chi connectivity index (χ3n) is 4.63. The summed E-state index contributed by atoms with van der Waals surface area (Å²) in [6, 6.07) is 12.5.